The highest BCUT2D eigenvalue weighted by Crippen LogP contribution is 2.31. The fourth-order valence-electron chi connectivity index (χ4n) is 3.69. The number of benzene rings is 1. The van der Waals surface area contributed by atoms with Crippen molar-refractivity contribution in [1.29, 1.82) is 0 Å². The van der Waals surface area contributed by atoms with Gasteiger partial charge in [-0.05, 0) is 56.9 Å². The lowest BCUT2D eigenvalue weighted by atomic mass is 10.1. The molecule has 4 aromatic rings. The van der Waals surface area contributed by atoms with E-state index in [0.717, 1.165) is 23.0 Å². The summed E-state index contributed by atoms with van der Waals surface area (Å²) in [5.74, 6) is 0.309. The van der Waals surface area contributed by atoms with Crippen molar-refractivity contribution >= 4 is 22.6 Å². The number of carbonyl (C=O) groups is 1. The molecule has 5 rings (SSSR count). The van der Waals surface area contributed by atoms with Gasteiger partial charge >= 0.3 is 0 Å². The van der Waals surface area contributed by atoms with Crippen LogP contribution in [0.5, 0.6) is 5.88 Å². The van der Waals surface area contributed by atoms with Gasteiger partial charge in [0.1, 0.15) is 17.2 Å². The second-order valence-corrected chi connectivity index (χ2v) is 7.74. The number of aromatic nitrogens is 4. The number of hydrogen-bond donors (Lipinski definition) is 1. The lowest BCUT2D eigenvalue weighted by molar-refractivity contribution is 0.1000. The number of fused-ring (bicyclic) bond motifs is 3. The molecule has 1 amide bonds. The zero-order valence-corrected chi connectivity index (χ0v) is 16.6. The van der Waals surface area contributed by atoms with Gasteiger partial charge in [-0.3, -0.25) is 9.20 Å². The highest BCUT2D eigenvalue weighted by Gasteiger charge is 2.23. The SMILES string of the molecule is Cc1nc(-c2cc(F)cc(C(N)=O)c2)n2c1c(C)nc1ccc(OCC3CC3)nc12. The van der Waals surface area contributed by atoms with Gasteiger partial charge in [-0.2, -0.15) is 4.98 Å². The van der Waals surface area contributed by atoms with Crippen molar-refractivity contribution < 1.29 is 13.9 Å². The fraction of sp³-hybridized carbons (Fsp3) is 0.273. The molecule has 1 aliphatic carbocycles. The third-order valence-corrected chi connectivity index (χ3v) is 5.33. The van der Waals surface area contributed by atoms with E-state index in [1.807, 2.05) is 24.3 Å². The predicted molar refractivity (Wildman–Crippen MR) is 110 cm³/mol. The largest absolute Gasteiger partial charge is 0.477 e. The van der Waals surface area contributed by atoms with Crippen LogP contribution in [0.1, 0.15) is 34.6 Å². The van der Waals surface area contributed by atoms with Gasteiger partial charge < -0.3 is 10.5 Å². The van der Waals surface area contributed by atoms with E-state index in [9.17, 15) is 9.18 Å². The van der Waals surface area contributed by atoms with Crippen LogP contribution >= 0.6 is 0 Å². The number of nitrogens with zero attached hydrogens (tertiary/aromatic N) is 4. The Kier molecular flexibility index (Phi) is 4.16. The van der Waals surface area contributed by atoms with Crippen LogP contribution in [0, 0.1) is 25.6 Å². The average molecular weight is 405 g/mol. The molecule has 0 bridgehead atoms. The molecule has 3 aromatic heterocycles. The van der Waals surface area contributed by atoms with Crippen LogP contribution in [0.3, 0.4) is 0 Å². The molecule has 2 N–H and O–H groups in total. The summed E-state index contributed by atoms with van der Waals surface area (Å²) in [6, 6.07) is 7.64. The van der Waals surface area contributed by atoms with E-state index in [4.69, 9.17) is 10.5 Å². The number of primary amides is 1. The Bertz CT molecular complexity index is 1330. The van der Waals surface area contributed by atoms with Crippen LogP contribution in [-0.2, 0) is 0 Å². The number of halogens is 1. The first-order chi connectivity index (χ1) is 14.4. The van der Waals surface area contributed by atoms with Gasteiger partial charge in [-0.15, -0.1) is 0 Å². The molecule has 1 fully saturated rings. The number of ether oxygens (including phenoxy) is 1. The Labute approximate surface area is 171 Å². The molecule has 8 heteroatoms. The van der Waals surface area contributed by atoms with Crippen LogP contribution in [-0.4, -0.2) is 31.9 Å². The smallest absolute Gasteiger partial charge is 0.248 e. The Balaban J connectivity index is 1.76. The molecule has 0 radical (unpaired) electrons. The van der Waals surface area contributed by atoms with Crippen molar-refractivity contribution in [1.82, 2.24) is 19.4 Å². The number of amides is 1. The normalized spacial score (nSPS) is 13.8. The summed E-state index contributed by atoms with van der Waals surface area (Å²) in [5.41, 5.74) is 9.41. The molecule has 0 atom stereocenters. The van der Waals surface area contributed by atoms with Crippen LogP contribution < -0.4 is 10.5 Å². The molecule has 1 aromatic carbocycles. The number of nitrogens with two attached hydrogens (primary N) is 1. The highest BCUT2D eigenvalue weighted by atomic mass is 19.1. The number of aryl methyl sites for hydroxylation is 2. The zero-order chi connectivity index (χ0) is 21.0. The molecule has 1 aliphatic rings. The molecular weight excluding hydrogens is 385 g/mol. The van der Waals surface area contributed by atoms with Crippen molar-refractivity contribution in [2.75, 3.05) is 6.61 Å². The summed E-state index contributed by atoms with van der Waals surface area (Å²) >= 11 is 0. The summed E-state index contributed by atoms with van der Waals surface area (Å²) in [6.45, 7) is 4.40. The van der Waals surface area contributed by atoms with Crippen LogP contribution in [0.4, 0.5) is 4.39 Å². The van der Waals surface area contributed by atoms with E-state index in [0.29, 0.717) is 41.0 Å². The first-order valence-electron chi connectivity index (χ1n) is 9.80. The maximum atomic E-state index is 14.2. The van der Waals surface area contributed by atoms with Gasteiger partial charge in [0, 0.05) is 17.2 Å². The summed E-state index contributed by atoms with van der Waals surface area (Å²) in [5, 5.41) is 0. The minimum atomic E-state index is -0.704. The summed E-state index contributed by atoms with van der Waals surface area (Å²) in [6.07, 6.45) is 2.37. The lowest BCUT2D eigenvalue weighted by Crippen LogP contribution is -2.11. The van der Waals surface area contributed by atoms with E-state index in [2.05, 4.69) is 15.0 Å². The van der Waals surface area contributed by atoms with Gasteiger partial charge in [0.05, 0.1) is 23.5 Å². The van der Waals surface area contributed by atoms with Crippen molar-refractivity contribution in [2.24, 2.45) is 11.7 Å². The molecule has 152 valence electrons. The minimum Gasteiger partial charge on any atom is -0.477 e. The van der Waals surface area contributed by atoms with Crippen LogP contribution in [0.15, 0.2) is 30.3 Å². The number of carbonyl (C=O) groups excluding carboxylic acids is 1. The van der Waals surface area contributed by atoms with Gasteiger partial charge in [-0.1, -0.05) is 0 Å². The molecule has 0 unspecified atom stereocenters. The lowest BCUT2D eigenvalue weighted by Gasteiger charge is -2.10. The molecule has 3 heterocycles. The van der Waals surface area contributed by atoms with Crippen molar-refractivity contribution in [3.8, 4) is 17.3 Å². The summed E-state index contributed by atoms with van der Waals surface area (Å²) < 4.78 is 21.9. The predicted octanol–water partition coefficient (Wildman–Crippen LogP) is 3.59. The van der Waals surface area contributed by atoms with Crippen molar-refractivity contribution in [2.45, 2.75) is 26.7 Å². The van der Waals surface area contributed by atoms with Gasteiger partial charge in [0.15, 0.2) is 5.65 Å². The molecular formula is C22H20FN5O2. The molecule has 7 nitrogen and oxygen atoms in total. The van der Waals surface area contributed by atoms with Crippen LogP contribution in [0.2, 0.25) is 0 Å². The zero-order valence-electron chi connectivity index (χ0n) is 16.6. The number of rotatable bonds is 5. The molecule has 1 saturated carbocycles. The Morgan fingerprint density at radius 2 is 1.93 bits per heavy atom. The second-order valence-electron chi connectivity index (χ2n) is 7.74. The van der Waals surface area contributed by atoms with E-state index in [1.165, 1.54) is 25.0 Å². The maximum absolute atomic E-state index is 14.2. The Morgan fingerprint density at radius 1 is 1.17 bits per heavy atom. The van der Waals surface area contributed by atoms with E-state index in [-0.39, 0.29) is 5.56 Å². The van der Waals surface area contributed by atoms with Gasteiger partial charge in [-0.25, -0.2) is 14.4 Å². The Hall–Kier alpha value is -3.55. The molecule has 0 spiro atoms. The van der Waals surface area contributed by atoms with Crippen molar-refractivity contribution in [3.05, 3.63) is 53.1 Å². The Morgan fingerprint density at radius 3 is 2.67 bits per heavy atom. The maximum Gasteiger partial charge on any atom is 0.248 e. The van der Waals surface area contributed by atoms with E-state index < -0.39 is 11.7 Å². The molecule has 0 saturated heterocycles. The van der Waals surface area contributed by atoms with E-state index in [1.54, 1.807) is 6.07 Å². The minimum absolute atomic E-state index is 0.0795. The number of hydrogen-bond acceptors (Lipinski definition) is 5. The summed E-state index contributed by atoms with van der Waals surface area (Å²) in [7, 11) is 0. The second kappa shape index (κ2) is 6.76. The monoisotopic (exact) mass is 405 g/mol. The average Bonchev–Trinajstić information content (AvgIpc) is 3.47. The first-order valence-corrected chi connectivity index (χ1v) is 9.80. The third kappa shape index (κ3) is 3.14. The topological polar surface area (TPSA) is 95.4 Å². The van der Waals surface area contributed by atoms with Gasteiger partial charge in [0.2, 0.25) is 11.8 Å². The third-order valence-electron chi connectivity index (χ3n) is 5.33. The van der Waals surface area contributed by atoms with Crippen LogP contribution in [0.25, 0.3) is 28.1 Å². The standard InChI is InChI=1S/C22H20FN5O2/c1-11-19-12(2)26-21(15-7-14(20(24)29)8-16(23)9-15)28(19)22-17(25-11)5-6-18(27-22)30-10-13-3-4-13/h5-9,13H,3-4,10H2,1-2H3,(H2,24,29). The van der Waals surface area contributed by atoms with Crippen molar-refractivity contribution in [3.63, 3.8) is 0 Å². The molecule has 30 heavy (non-hydrogen) atoms. The van der Waals surface area contributed by atoms with E-state index >= 15 is 0 Å². The summed E-state index contributed by atoms with van der Waals surface area (Å²) in [4.78, 5) is 25.6. The highest BCUT2D eigenvalue weighted by molar-refractivity contribution is 5.94. The quantitative estimate of drug-likeness (QED) is 0.547. The molecule has 0 aliphatic heterocycles. The number of pyridine rings is 1. The number of imidazole rings is 1. The first kappa shape index (κ1) is 18.5. The van der Waals surface area contributed by atoms with Gasteiger partial charge in [0.25, 0.3) is 0 Å². The fourth-order valence-corrected chi connectivity index (χ4v) is 3.69.